The molecule has 4 atom stereocenters. The second-order valence-corrected chi connectivity index (χ2v) is 8.37. The lowest BCUT2D eigenvalue weighted by Crippen LogP contribution is -2.47. The maximum atomic E-state index is 12.7. The first-order valence-electron chi connectivity index (χ1n) is 10.4. The number of hydrogen-bond acceptors (Lipinski definition) is 7. The molecule has 0 spiro atoms. The molecule has 0 bridgehead atoms. The molecule has 4 aliphatic heterocycles. The summed E-state index contributed by atoms with van der Waals surface area (Å²) in [7, 11) is 0. The molecule has 0 radical (unpaired) electrons. The number of H-pyrrole nitrogens is 1. The van der Waals surface area contributed by atoms with Crippen molar-refractivity contribution in [3.8, 4) is 5.75 Å². The van der Waals surface area contributed by atoms with Crippen LogP contribution in [0.2, 0.25) is 0 Å². The molecule has 1 aromatic rings. The summed E-state index contributed by atoms with van der Waals surface area (Å²) in [4.78, 5) is 43.0. The normalized spacial score (nSPS) is 30.8. The monoisotopic (exact) mass is 419 g/mol. The average molecular weight is 419 g/mol. The topological polar surface area (TPSA) is 128 Å². The Kier molecular flexibility index (Phi) is 4.57. The molecule has 1 aromatic heterocycles. The number of aromatic hydroxyl groups is 1. The van der Waals surface area contributed by atoms with E-state index >= 15 is 0 Å². The van der Waals surface area contributed by atoms with Crippen LogP contribution in [0.1, 0.15) is 35.4 Å². The van der Waals surface area contributed by atoms with Gasteiger partial charge in [0, 0.05) is 26.2 Å². The number of aromatic nitrogens is 2. The van der Waals surface area contributed by atoms with E-state index in [0.717, 1.165) is 12.8 Å². The van der Waals surface area contributed by atoms with Crippen molar-refractivity contribution in [1.82, 2.24) is 24.9 Å². The molecule has 11 nitrogen and oxygen atoms in total. The molecule has 5 heterocycles. The van der Waals surface area contributed by atoms with E-state index in [1.54, 1.807) is 21.6 Å². The van der Waals surface area contributed by atoms with E-state index < -0.39 is 12.2 Å². The molecular weight excluding hydrogens is 394 g/mol. The van der Waals surface area contributed by atoms with Gasteiger partial charge in [-0.1, -0.05) is 0 Å². The van der Waals surface area contributed by atoms with Crippen molar-refractivity contribution in [3.05, 3.63) is 11.4 Å². The fraction of sp³-hybridized carbons (Fsp3) is 0.684. The van der Waals surface area contributed by atoms with Crippen LogP contribution in [0.5, 0.6) is 5.75 Å². The third-order valence-electron chi connectivity index (χ3n) is 6.55. The number of fused-ring (bicyclic) bond motifs is 1. The molecule has 11 heteroatoms. The number of likely N-dealkylation sites (tertiary alicyclic amines) is 2. The lowest BCUT2D eigenvalue weighted by molar-refractivity contribution is -0.140. The Balaban J connectivity index is 1.25. The van der Waals surface area contributed by atoms with Gasteiger partial charge in [-0.15, -0.1) is 0 Å². The van der Waals surface area contributed by atoms with Crippen molar-refractivity contribution in [2.45, 2.75) is 50.5 Å². The van der Waals surface area contributed by atoms with Gasteiger partial charge in [0.15, 0.2) is 11.4 Å². The largest absolute Gasteiger partial charge is 0.504 e. The summed E-state index contributed by atoms with van der Waals surface area (Å²) in [5.41, 5.74) is 0.422. The van der Waals surface area contributed by atoms with E-state index in [-0.39, 0.29) is 41.4 Å². The fourth-order valence-electron chi connectivity index (χ4n) is 4.93. The molecule has 162 valence electrons. The van der Waals surface area contributed by atoms with Crippen LogP contribution in [0, 0.1) is 6.92 Å². The number of amides is 3. The van der Waals surface area contributed by atoms with Gasteiger partial charge in [0.05, 0.1) is 18.6 Å². The number of carbonyl (C=O) groups is 3. The summed E-state index contributed by atoms with van der Waals surface area (Å²) in [6.45, 7) is 3.81. The fourth-order valence-corrected chi connectivity index (χ4v) is 4.93. The molecule has 4 saturated heterocycles. The van der Waals surface area contributed by atoms with E-state index in [0.29, 0.717) is 44.9 Å². The third kappa shape index (κ3) is 2.99. The zero-order valence-electron chi connectivity index (χ0n) is 16.7. The first-order valence-corrected chi connectivity index (χ1v) is 10.4. The summed E-state index contributed by atoms with van der Waals surface area (Å²) < 4.78 is 11.1. The number of rotatable bonds is 3. The maximum Gasteiger partial charge on any atom is 0.410 e. The van der Waals surface area contributed by atoms with Crippen molar-refractivity contribution < 1.29 is 29.0 Å². The Morgan fingerprint density at radius 3 is 2.73 bits per heavy atom. The van der Waals surface area contributed by atoms with Gasteiger partial charge < -0.3 is 24.4 Å². The van der Waals surface area contributed by atoms with Crippen LogP contribution in [0.15, 0.2) is 0 Å². The van der Waals surface area contributed by atoms with Gasteiger partial charge in [0.25, 0.3) is 11.8 Å². The number of ether oxygens (including phenoxy) is 2. The molecule has 4 aliphatic rings. The van der Waals surface area contributed by atoms with Crippen LogP contribution >= 0.6 is 0 Å². The first kappa shape index (κ1) is 19.2. The molecule has 0 saturated carbocycles. The first-order chi connectivity index (χ1) is 14.4. The molecule has 4 fully saturated rings. The predicted molar refractivity (Wildman–Crippen MR) is 101 cm³/mol. The van der Waals surface area contributed by atoms with E-state index in [9.17, 15) is 19.5 Å². The van der Waals surface area contributed by atoms with Crippen LogP contribution in [0.25, 0.3) is 0 Å². The molecule has 1 unspecified atom stereocenters. The average Bonchev–Trinajstić information content (AvgIpc) is 3.51. The Hall–Kier alpha value is -2.82. The lowest BCUT2D eigenvalue weighted by Gasteiger charge is -2.28. The van der Waals surface area contributed by atoms with Gasteiger partial charge in [-0.05, 0) is 26.2 Å². The molecule has 0 aliphatic carbocycles. The van der Waals surface area contributed by atoms with Gasteiger partial charge in [-0.3, -0.25) is 19.6 Å². The second-order valence-electron chi connectivity index (χ2n) is 8.37. The highest BCUT2D eigenvalue weighted by atomic mass is 16.6. The van der Waals surface area contributed by atoms with Gasteiger partial charge in [-0.2, -0.15) is 5.10 Å². The molecule has 0 aromatic carbocycles. The minimum Gasteiger partial charge on any atom is -0.504 e. The number of nitrogens with one attached hydrogen (secondary N) is 1. The van der Waals surface area contributed by atoms with Crippen LogP contribution in [-0.4, -0.2) is 105 Å². The summed E-state index contributed by atoms with van der Waals surface area (Å²) in [5.74, 6) is -0.532. The minimum atomic E-state index is -0.395. The second kappa shape index (κ2) is 7.15. The van der Waals surface area contributed by atoms with Crippen LogP contribution in [-0.2, 0) is 14.3 Å². The molecule has 5 rings (SSSR count). The summed E-state index contributed by atoms with van der Waals surface area (Å²) in [5, 5.41) is 16.4. The Morgan fingerprint density at radius 2 is 2.03 bits per heavy atom. The van der Waals surface area contributed by atoms with Crippen molar-refractivity contribution in [3.63, 3.8) is 0 Å². The van der Waals surface area contributed by atoms with E-state index in [4.69, 9.17) is 9.47 Å². The standard InChI is InChI=1S/C19H25N5O6/c1-10-16(25)15(21-20-10)18(27)22-5-4-11(7-22)24-12-8-23(9-14(12)30-19(24)28)17(26)13-3-2-6-29-13/h11-14,25H,2-9H2,1H3,(H,20,21)/t11?,12-,13+,14+/m1/s1. The smallest absolute Gasteiger partial charge is 0.410 e. The minimum absolute atomic E-state index is 0.0359. The zero-order valence-corrected chi connectivity index (χ0v) is 16.7. The Labute approximate surface area is 172 Å². The Morgan fingerprint density at radius 1 is 1.20 bits per heavy atom. The number of carbonyl (C=O) groups excluding carboxylic acids is 3. The molecule has 2 N–H and O–H groups in total. The number of nitrogens with zero attached hydrogens (tertiary/aromatic N) is 4. The third-order valence-corrected chi connectivity index (χ3v) is 6.55. The van der Waals surface area contributed by atoms with Crippen molar-refractivity contribution in [2.24, 2.45) is 0 Å². The molecular formula is C19H25N5O6. The van der Waals surface area contributed by atoms with Crippen molar-refractivity contribution in [1.29, 1.82) is 0 Å². The van der Waals surface area contributed by atoms with E-state index in [1.165, 1.54) is 0 Å². The van der Waals surface area contributed by atoms with Crippen LogP contribution in [0.4, 0.5) is 4.79 Å². The number of hydrogen-bond donors (Lipinski definition) is 2. The van der Waals surface area contributed by atoms with Gasteiger partial charge >= 0.3 is 6.09 Å². The van der Waals surface area contributed by atoms with Gasteiger partial charge in [-0.25, -0.2) is 4.79 Å². The van der Waals surface area contributed by atoms with E-state index in [1.807, 2.05) is 0 Å². The van der Waals surface area contributed by atoms with Gasteiger partial charge in [0.2, 0.25) is 0 Å². The highest BCUT2D eigenvalue weighted by Gasteiger charge is 2.53. The Bertz CT molecular complexity index is 881. The highest BCUT2D eigenvalue weighted by molar-refractivity contribution is 5.95. The number of aryl methyl sites for hydroxylation is 1. The highest BCUT2D eigenvalue weighted by Crippen LogP contribution is 2.33. The lowest BCUT2D eigenvalue weighted by atomic mass is 10.1. The zero-order chi connectivity index (χ0) is 21.0. The van der Waals surface area contributed by atoms with Crippen LogP contribution in [0.3, 0.4) is 0 Å². The van der Waals surface area contributed by atoms with Crippen LogP contribution < -0.4 is 0 Å². The summed E-state index contributed by atoms with van der Waals surface area (Å²) in [6, 6.07) is -0.411. The SMILES string of the molecule is Cc1n[nH]c(C(=O)N2CCC(N3C(=O)O[C@H]4CN(C(=O)[C@@H]5CCCO5)C[C@H]43)C2)c1O. The maximum absolute atomic E-state index is 12.7. The summed E-state index contributed by atoms with van der Waals surface area (Å²) >= 11 is 0. The quantitative estimate of drug-likeness (QED) is 0.697. The molecule has 3 amide bonds. The van der Waals surface area contributed by atoms with Gasteiger partial charge in [0.1, 0.15) is 17.9 Å². The van der Waals surface area contributed by atoms with E-state index in [2.05, 4.69) is 10.2 Å². The van der Waals surface area contributed by atoms with Crippen molar-refractivity contribution in [2.75, 3.05) is 32.8 Å². The van der Waals surface area contributed by atoms with Crippen molar-refractivity contribution >= 4 is 17.9 Å². The predicted octanol–water partition coefficient (Wildman–Crippen LogP) is -0.151. The summed E-state index contributed by atoms with van der Waals surface area (Å²) in [6.07, 6.45) is 1.08. The molecule has 30 heavy (non-hydrogen) atoms. The number of aromatic amines is 1.